The maximum atomic E-state index is 12.5. The number of nitrogens with zero attached hydrogens (tertiary/aromatic N) is 3. The summed E-state index contributed by atoms with van der Waals surface area (Å²) in [6.07, 6.45) is 9.14. The van der Waals surface area contributed by atoms with Gasteiger partial charge in [-0.15, -0.1) is 0 Å². The molecule has 0 spiro atoms. The normalized spacial score (nSPS) is 20.2. The molecule has 6 nitrogen and oxygen atoms in total. The standard InChI is InChI=1S/C20H27N5O/c1-2-8-21-18-11-15(6-9-22-18)17-12-23-24-19(17)16-7-10-25(13-16)20(26)14-4-3-5-14/h6,9,11-12,14,16H,2-5,7-8,10,13H2,1H3,(H,21,22)(H,23,24)/t16-/m1/s1. The van der Waals surface area contributed by atoms with Gasteiger partial charge in [0.1, 0.15) is 5.82 Å². The van der Waals surface area contributed by atoms with Crippen LogP contribution in [-0.2, 0) is 4.79 Å². The van der Waals surface area contributed by atoms with Crippen molar-refractivity contribution in [3.8, 4) is 11.1 Å². The quantitative estimate of drug-likeness (QED) is 0.835. The first-order valence-corrected chi connectivity index (χ1v) is 9.78. The van der Waals surface area contributed by atoms with Gasteiger partial charge in [-0.1, -0.05) is 13.3 Å². The molecule has 2 aromatic heterocycles. The van der Waals surface area contributed by atoms with Gasteiger partial charge in [-0.25, -0.2) is 4.98 Å². The summed E-state index contributed by atoms with van der Waals surface area (Å²) in [4.78, 5) is 19.0. The van der Waals surface area contributed by atoms with Gasteiger partial charge in [-0.3, -0.25) is 9.89 Å². The van der Waals surface area contributed by atoms with Crippen molar-refractivity contribution in [1.29, 1.82) is 0 Å². The molecule has 6 heteroatoms. The number of nitrogens with one attached hydrogen (secondary N) is 2. The zero-order chi connectivity index (χ0) is 17.9. The van der Waals surface area contributed by atoms with Crippen LogP contribution in [0, 0.1) is 5.92 Å². The predicted octanol–water partition coefficient (Wildman–Crippen LogP) is 3.41. The van der Waals surface area contributed by atoms with E-state index < -0.39 is 0 Å². The Bertz CT molecular complexity index is 767. The maximum Gasteiger partial charge on any atom is 0.225 e. The van der Waals surface area contributed by atoms with E-state index in [-0.39, 0.29) is 5.92 Å². The fourth-order valence-corrected chi connectivity index (χ4v) is 3.89. The van der Waals surface area contributed by atoms with Crippen molar-refractivity contribution in [3.05, 3.63) is 30.2 Å². The number of aromatic nitrogens is 3. The van der Waals surface area contributed by atoms with Crippen molar-refractivity contribution in [2.75, 3.05) is 25.0 Å². The number of amides is 1. The van der Waals surface area contributed by atoms with Crippen LogP contribution < -0.4 is 5.32 Å². The van der Waals surface area contributed by atoms with Gasteiger partial charge in [-0.05, 0) is 43.4 Å². The van der Waals surface area contributed by atoms with E-state index in [1.807, 2.05) is 18.5 Å². The van der Waals surface area contributed by atoms with Crippen molar-refractivity contribution in [2.24, 2.45) is 5.92 Å². The topological polar surface area (TPSA) is 73.9 Å². The lowest BCUT2D eigenvalue weighted by molar-refractivity contribution is -0.137. The molecule has 1 saturated heterocycles. The predicted molar refractivity (Wildman–Crippen MR) is 102 cm³/mol. The third-order valence-electron chi connectivity index (χ3n) is 5.66. The van der Waals surface area contributed by atoms with Crippen LogP contribution in [0.25, 0.3) is 11.1 Å². The van der Waals surface area contributed by atoms with Gasteiger partial charge >= 0.3 is 0 Å². The minimum absolute atomic E-state index is 0.280. The summed E-state index contributed by atoms with van der Waals surface area (Å²) >= 11 is 0. The number of anilines is 1. The highest BCUT2D eigenvalue weighted by Crippen LogP contribution is 2.36. The Morgan fingerprint density at radius 1 is 1.38 bits per heavy atom. The van der Waals surface area contributed by atoms with Crippen LogP contribution in [0.3, 0.4) is 0 Å². The third-order valence-corrected chi connectivity index (χ3v) is 5.66. The molecule has 1 amide bonds. The average molecular weight is 353 g/mol. The summed E-state index contributed by atoms with van der Waals surface area (Å²) in [5.74, 6) is 1.86. The van der Waals surface area contributed by atoms with Gasteiger partial charge in [0.2, 0.25) is 5.91 Å². The zero-order valence-corrected chi connectivity index (χ0v) is 15.4. The third kappa shape index (κ3) is 3.32. The highest BCUT2D eigenvalue weighted by atomic mass is 16.2. The molecule has 4 rings (SSSR count). The lowest BCUT2D eigenvalue weighted by Crippen LogP contribution is -2.37. The highest BCUT2D eigenvalue weighted by Gasteiger charge is 2.35. The number of pyridine rings is 1. The summed E-state index contributed by atoms with van der Waals surface area (Å²) in [5, 5.41) is 10.8. The molecule has 3 heterocycles. The van der Waals surface area contributed by atoms with Crippen LogP contribution in [0.5, 0.6) is 0 Å². The number of rotatable bonds is 6. The fourth-order valence-electron chi connectivity index (χ4n) is 3.89. The van der Waals surface area contributed by atoms with Crippen LogP contribution in [-0.4, -0.2) is 45.6 Å². The van der Waals surface area contributed by atoms with E-state index >= 15 is 0 Å². The summed E-state index contributed by atoms with van der Waals surface area (Å²) in [6, 6.07) is 4.11. The highest BCUT2D eigenvalue weighted by molar-refractivity contribution is 5.80. The van der Waals surface area contributed by atoms with Gasteiger partial charge in [0, 0.05) is 48.9 Å². The number of carbonyl (C=O) groups is 1. The Morgan fingerprint density at radius 2 is 2.27 bits per heavy atom. The van der Waals surface area contributed by atoms with E-state index in [4.69, 9.17) is 0 Å². The molecular weight excluding hydrogens is 326 g/mol. The van der Waals surface area contributed by atoms with Crippen LogP contribution in [0.4, 0.5) is 5.82 Å². The first-order chi connectivity index (χ1) is 12.8. The lowest BCUT2D eigenvalue weighted by Gasteiger charge is -2.29. The van der Waals surface area contributed by atoms with E-state index in [0.717, 1.165) is 68.0 Å². The smallest absolute Gasteiger partial charge is 0.225 e. The Morgan fingerprint density at radius 3 is 3.04 bits per heavy atom. The molecule has 0 aromatic carbocycles. The van der Waals surface area contributed by atoms with Crippen LogP contribution in [0.1, 0.15) is 50.6 Å². The van der Waals surface area contributed by atoms with Crippen molar-refractivity contribution in [3.63, 3.8) is 0 Å². The van der Waals surface area contributed by atoms with Crippen molar-refractivity contribution in [1.82, 2.24) is 20.1 Å². The van der Waals surface area contributed by atoms with Crippen molar-refractivity contribution >= 4 is 11.7 Å². The molecule has 1 aliphatic heterocycles. The van der Waals surface area contributed by atoms with Crippen LogP contribution >= 0.6 is 0 Å². The first-order valence-electron chi connectivity index (χ1n) is 9.78. The molecule has 26 heavy (non-hydrogen) atoms. The number of hydrogen-bond donors (Lipinski definition) is 2. The molecule has 2 aromatic rings. The van der Waals surface area contributed by atoms with E-state index in [1.165, 1.54) is 6.42 Å². The van der Waals surface area contributed by atoms with Gasteiger partial charge in [0.25, 0.3) is 0 Å². The summed E-state index contributed by atoms with van der Waals surface area (Å²) < 4.78 is 0. The summed E-state index contributed by atoms with van der Waals surface area (Å²) in [7, 11) is 0. The molecular formula is C20H27N5O. The minimum Gasteiger partial charge on any atom is -0.370 e. The first kappa shape index (κ1) is 17.1. The number of aromatic amines is 1. The second kappa shape index (κ2) is 7.48. The van der Waals surface area contributed by atoms with E-state index in [1.54, 1.807) is 0 Å². The maximum absolute atomic E-state index is 12.5. The summed E-state index contributed by atoms with van der Waals surface area (Å²) in [5.41, 5.74) is 3.38. The molecule has 0 unspecified atom stereocenters. The Hall–Kier alpha value is -2.37. The number of H-pyrrole nitrogens is 1. The van der Waals surface area contributed by atoms with Crippen LogP contribution in [0.2, 0.25) is 0 Å². The minimum atomic E-state index is 0.280. The second-order valence-corrected chi connectivity index (χ2v) is 7.45. The van der Waals surface area contributed by atoms with E-state index in [9.17, 15) is 4.79 Å². The summed E-state index contributed by atoms with van der Waals surface area (Å²) in [6.45, 7) is 4.71. The fraction of sp³-hybridized carbons (Fsp3) is 0.550. The van der Waals surface area contributed by atoms with Gasteiger partial charge in [0.05, 0.1) is 6.20 Å². The molecule has 2 aliphatic rings. The number of likely N-dealkylation sites (tertiary alicyclic amines) is 1. The molecule has 1 saturated carbocycles. The van der Waals surface area contributed by atoms with Crippen LogP contribution in [0.15, 0.2) is 24.5 Å². The molecule has 2 N–H and O–H groups in total. The number of hydrogen-bond acceptors (Lipinski definition) is 4. The zero-order valence-electron chi connectivity index (χ0n) is 15.4. The Balaban J connectivity index is 1.50. The SMILES string of the molecule is CCCNc1cc(-c2cn[nH]c2[C@@H]2CCN(C(=O)C3CCC3)C2)ccn1. The van der Waals surface area contributed by atoms with E-state index in [0.29, 0.717) is 11.8 Å². The van der Waals surface area contributed by atoms with Gasteiger partial charge in [0.15, 0.2) is 0 Å². The second-order valence-electron chi connectivity index (χ2n) is 7.45. The molecule has 2 fully saturated rings. The molecule has 0 radical (unpaired) electrons. The van der Waals surface area contributed by atoms with E-state index in [2.05, 4.69) is 38.4 Å². The number of carbonyl (C=O) groups excluding carboxylic acids is 1. The van der Waals surface area contributed by atoms with Gasteiger partial charge < -0.3 is 10.2 Å². The molecule has 1 atom stereocenters. The monoisotopic (exact) mass is 353 g/mol. The average Bonchev–Trinajstić information content (AvgIpc) is 3.27. The van der Waals surface area contributed by atoms with Crippen molar-refractivity contribution < 1.29 is 4.79 Å². The molecule has 138 valence electrons. The van der Waals surface area contributed by atoms with Gasteiger partial charge in [-0.2, -0.15) is 5.10 Å². The lowest BCUT2D eigenvalue weighted by atomic mass is 9.84. The Labute approximate surface area is 154 Å². The Kier molecular flexibility index (Phi) is 4.91. The molecule has 0 bridgehead atoms. The largest absolute Gasteiger partial charge is 0.370 e. The molecule has 1 aliphatic carbocycles. The van der Waals surface area contributed by atoms with Crippen molar-refractivity contribution in [2.45, 2.75) is 44.9 Å².